The molecule has 1 aliphatic rings. The standard InChI is InChI=1S/C26H34N2O6/c1-5-34-21-9-7-6-8-19(21)17-27-24(29)14-18-10-12-28(13-11-18)26(30)20-15-22(31-2)25(33-4)23(16-20)32-3/h6-9,15-16,18H,5,10-14,17H2,1-4H3,(H,27,29). The summed E-state index contributed by atoms with van der Waals surface area (Å²) in [5, 5.41) is 3.00. The summed E-state index contributed by atoms with van der Waals surface area (Å²) in [5.74, 6) is 2.31. The Morgan fingerprint density at radius 1 is 0.971 bits per heavy atom. The van der Waals surface area contributed by atoms with Crippen LogP contribution in [0.4, 0.5) is 0 Å². The number of hydrogen-bond donors (Lipinski definition) is 1. The van der Waals surface area contributed by atoms with Gasteiger partial charge < -0.3 is 29.2 Å². The molecule has 2 amide bonds. The van der Waals surface area contributed by atoms with Gasteiger partial charge in [0.05, 0.1) is 27.9 Å². The van der Waals surface area contributed by atoms with Crippen LogP contribution in [0.15, 0.2) is 36.4 Å². The third kappa shape index (κ3) is 6.12. The molecular weight excluding hydrogens is 436 g/mol. The second kappa shape index (κ2) is 12.2. The first-order valence-corrected chi connectivity index (χ1v) is 11.6. The number of likely N-dealkylation sites (tertiary alicyclic amines) is 1. The minimum atomic E-state index is -0.0883. The van der Waals surface area contributed by atoms with Crippen LogP contribution in [-0.4, -0.2) is 57.7 Å². The lowest BCUT2D eigenvalue weighted by Gasteiger charge is -2.32. The first-order valence-electron chi connectivity index (χ1n) is 11.6. The molecule has 34 heavy (non-hydrogen) atoms. The van der Waals surface area contributed by atoms with Crippen molar-refractivity contribution in [3.63, 3.8) is 0 Å². The second-order valence-electron chi connectivity index (χ2n) is 8.17. The summed E-state index contributed by atoms with van der Waals surface area (Å²) in [5.41, 5.74) is 1.45. The van der Waals surface area contributed by atoms with E-state index in [1.165, 1.54) is 21.3 Å². The minimum absolute atomic E-state index is 0.0145. The van der Waals surface area contributed by atoms with Gasteiger partial charge in [-0.05, 0) is 43.9 Å². The molecule has 8 heteroatoms. The minimum Gasteiger partial charge on any atom is -0.494 e. The van der Waals surface area contributed by atoms with Gasteiger partial charge in [-0.25, -0.2) is 0 Å². The number of methoxy groups -OCH3 is 3. The van der Waals surface area contributed by atoms with Gasteiger partial charge in [0, 0.05) is 37.2 Å². The highest BCUT2D eigenvalue weighted by Crippen LogP contribution is 2.38. The van der Waals surface area contributed by atoms with E-state index in [4.69, 9.17) is 18.9 Å². The fourth-order valence-corrected chi connectivity index (χ4v) is 4.20. The van der Waals surface area contributed by atoms with Crippen LogP contribution in [0.5, 0.6) is 23.0 Å². The number of nitrogens with one attached hydrogen (secondary N) is 1. The molecule has 0 spiro atoms. The predicted octanol–water partition coefficient (Wildman–Crippen LogP) is 3.67. The molecule has 1 fully saturated rings. The summed E-state index contributed by atoms with van der Waals surface area (Å²) in [6, 6.07) is 11.1. The van der Waals surface area contributed by atoms with Crippen molar-refractivity contribution < 1.29 is 28.5 Å². The highest BCUT2D eigenvalue weighted by atomic mass is 16.5. The maximum absolute atomic E-state index is 13.1. The first kappa shape index (κ1) is 25.2. The lowest BCUT2D eigenvalue weighted by molar-refractivity contribution is -0.122. The topological polar surface area (TPSA) is 86.3 Å². The predicted molar refractivity (Wildman–Crippen MR) is 129 cm³/mol. The third-order valence-corrected chi connectivity index (χ3v) is 6.04. The largest absolute Gasteiger partial charge is 0.494 e. The van der Waals surface area contributed by atoms with Crippen molar-refractivity contribution >= 4 is 11.8 Å². The monoisotopic (exact) mass is 470 g/mol. The fourth-order valence-electron chi connectivity index (χ4n) is 4.20. The Balaban J connectivity index is 1.52. The number of piperidine rings is 1. The Kier molecular flexibility index (Phi) is 9.01. The van der Waals surface area contributed by atoms with Gasteiger partial charge in [0.25, 0.3) is 5.91 Å². The molecule has 1 N–H and O–H groups in total. The summed E-state index contributed by atoms with van der Waals surface area (Å²) in [7, 11) is 4.58. The summed E-state index contributed by atoms with van der Waals surface area (Å²) in [6.45, 7) is 4.15. The third-order valence-electron chi connectivity index (χ3n) is 6.04. The molecule has 0 radical (unpaired) electrons. The quantitative estimate of drug-likeness (QED) is 0.570. The van der Waals surface area contributed by atoms with Crippen LogP contribution >= 0.6 is 0 Å². The highest BCUT2D eigenvalue weighted by molar-refractivity contribution is 5.95. The van der Waals surface area contributed by atoms with Crippen molar-refractivity contribution in [1.82, 2.24) is 10.2 Å². The molecule has 2 aromatic rings. The molecule has 0 aromatic heterocycles. The van der Waals surface area contributed by atoms with Gasteiger partial charge in [0.15, 0.2) is 11.5 Å². The van der Waals surface area contributed by atoms with E-state index < -0.39 is 0 Å². The van der Waals surface area contributed by atoms with Crippen molar-refractivity contribution in [2.24, 2.45) is 5.92 Å². The number of nitrogens with zero attached hydrogens (tertiary/aromatic N) is 1. The second-order valence-corrected chi connectivity index (χ2v) is 8.17. The van der Waals surface area contributed by atoms with Crippen molar-refractivity contribution in [1.29, 1.82) is 0 Å². The van der Waals surface area contributed by atoms with Gasteiger partial charge in [0.2, 0.25) is 11.7 Å². The molecule has 1 heterocycles. The van der Waals surface area contributed by atoms with Gasteiger partial charge >= 0.3 is 0 Å². The molecule has 3 rings (SSSR count). The Morgan fingerprint density at radius 2 is 1.62 bits per heavy atom. The number of rotatable bonds is 10. The van der Waals surface area contributed by atoms with Crippen LogP contribution < -0.4 is 24.3 Å². The number of amides is 2. The molecule has 0 saturated carbocycles. The number of carbonyl (C=O) groups excluding carboxylic acids is 2. The van der Waals surface area contributed by atoms with Crippen molar-refractivity contribution in [3.05, 3.63) is 47.5 Å². The average molecular weight is 471 g/mol. The van der Waals surface area contributed by atoms with Gasteiger partial charge in [-0.15, -0.1) is 0 Å². The van der Waals surface area contributed by atoms with Crippen LogP contribution in [-0.2, 0) is 11.3 Å². The number of benzene rings is 2. The zero-order chi connectivity index (χ0) is 24.5. The SMILES string of the molecule is CCOc1ccccc1CNC(=O)CC1CCN(C(=O)c2cc(OC)c(OC)c(OC)c2)CC1. The smallest absolute Gasteiger partial charge is 0.254 e. The molecule has 2 aromatic carbocycles. The normalized spacial score (nSPS) is 13.8. The van der Waals surface area contributed by atoms with E-state index in [2.05, 4.69) is 5.32 Å². The number of ether oxygens (including phenoxy) is 4. The molecular formula is C26H34N2O6. The fraction of sp³-hybridized carbons (Fsp3) is 0.462. The van der Waals surface area contributed by atoms with Crippen LogP contribution in [0.3, 0.4) is 0 Å². The molecule has 0 aliphatic carbocycles. The van der Waals surface area contributed by atoms with E-state index in [-0.39, 0.29) is 17.7 Å². The zero-order valence-corrected chi connectivity index (χ0v) is 20.4. The van der Waals surface area contributed by atoms with Gasteiger partial charge in [0.1, 0.15) is 5.75 Å². The molecule has 8 nitrogen and oxygen atoms in total. The number of hydrogen-bond acceptors (Lipinski definition) is 6. The molecule has 0 atom stereocenters. The Hall–Kier alpha value is -3.42. The average Bonchev–Trinajstić information content (AvgIpc) is 2.87. The van der Waals surface area contributed by atoms with Crippen molar-refractivity contribution in [2.75, 3.05) is 41.0 Å². The van der Waals surface area contributed by atoms with E-state index >= 15 is 0 Å². The molecule has 184 valence electrons. The summed E-state index contributed by atoms with van der Waals surface area (Å²) >= 11 is 0. The Bertz CT molecular complexity index is 960. The molecule has 1 saturated heterocycles. The number of para-hydroxylation sites is 1. The Labute approximate surface area is 201 Å². The Morgan fingerprint density at radius 3 is 2.21 bits per heavy atom. The lowest BCUT2D eigenvalue weighted by atomic mass is 9.92. The van der Waals surface area contributed by atoms with Gasteiger partial charge in [-0.2, -0.15) is 0 Å². The first-order chi connectivity index (χ1) is 16.5. The van der Waals surface area contributed by atoms with E-state index in [0.717, 1.165) is 24.2 Å². The van der Waals surface area contributed by atoms with Crippen molar-refractivity contribution in [2.45, 2.75) is 32.7 Å². The summed E-state index contributed by atoms with van der Waals surface area (Å²) in [4.78, 5) is 27.4. The van der Waals surface area contributed by atoms with Crippen LogP contribution in [0.2, 0.25) is 0 Å². The van der Waals surface area contributed by atoms with Crippen LogP contribution in [0.25, 0.3) is 0 Å². The van der Waals surface area contributed by atoms with Crippen LogP contribution in [0.1, 0.15) is 42.1 Å². The van der Waals surface area contributed by atoms with E-state index in [1.54, 1.807) is 12.1 Å². The maximum atomic E-state index is 13.1. The maximum Gasteiger partial charge on any atom is 0.254 e. The lowest BCUT2D eigenvalue weighted by Crippen LogP contribution is -2.39. The van der Waals surface area contributed by atoms with Gasteiger partial charge in [-0.3, -0.25) is 9.59 Å². The summed E-state index contributed by atoms with van der Waals surface area (Å²) in [6.07, 6.45) is 2.00. The van der Waals surface area contributed by atoms with Crippen molar-refractivity contribution in [3.8, 4) is 23.0 Å². The highest BCUT2D eigenvalue weighted by Gasteiger charge is 2.27. The van der Waals surface area contributed by atoms with E-state index in [0.29, 0.717) is 55.5 Å². The summed E-state index contributed by atoms with van der Waals surface area (Å²) < 4.78 is 21.7. The zero-order valence-electron chi connectivity index (χ0n) is 20.4. The van der Waals surface area contributed by atoms with E-state index in [9.17, 15) is 9.59 Å². The van der Waals surface area contributed by atoms with Crippen LogP contribution in [0, 0.1) is 5.92 Å². The molecule has 0 unspecified atom stereocenters. The van der Waals surface area contributed by atoms with E-state index in [1.807, 2.05) is 36.1 Å². The molecule has 1 aliphatic heterocycles. The number of carbonyl (C=O) groups is 2. The van der Waals surface area contributed by atoms with Gasteiger partial charge in [-0.1, -0.05) is 18.2 Å². The molecule has 0 bridgehead atoms.